The molecule has 1 atom stereocenters. The Labute approximate surface area is 148 Å². The lowest BCUT2D eigenvalue weighted by Gasteiger charge is -2.31. The van der Waals surface area contributed by atoms with Crippen LogP contribution in [0.3, 0.4) is 0 Å². The van der Waals surface area contributed by atoms with Gasteiger partial charge in [0, 0.05) is 26.2 Å². The minimum absolute atomic E-state index is 0.269. The van der Waals surface area contributed by atoms with Gasteiger partial charge >= 0.3 is 0 Å². The lowest BCUT2D eigenvalue weighted by molar-refractivity contribution is 0.0679. The lowest BCUT2D eigenvalue weighted by atomic mass is 10.0. The van der Waals surface area contributed by atoms with Crippen LogP contribution >= 0.6 is 0 Å². The number of hydrogen-bond acceptors (Lipinski definition) is 5. The number of hydrogen-bond donors (Lipinski definition) is 0. The first-order chi connectivity index (χ1) is 12.4. The van der Waals surface area contributed by atoms with E-state index in [1.165, 1.54) is 5.56 Å². The van der Waals surface area contributed by atoms with Crippen LogP contribution in [0.2, 0.25) is 0 Å². The Hall–Kier alpha value is -1.92. The van der Waals surface area contributed by atoms with Crippen LogP contribution in [-0.4, -0.2) is 52.1 Å². The molecule has 0 amide bonds. The molecule has 134 valence electrons. The summed E-state index contributed by atoms with van der Waals surface area (Å²) in [5, 5.41) is 4.27. The van der Waals surface area contributed by atoms with E-state index >= 15 is 0 Å². The van der Waals surface area contributed by atoms with Crippen molar-refractivity contribution in [2.45, 2.75) is 44.4 Å². The van der Waals surface area contributed by atoms with Crippen LogP contribution in [-0.2, 0) is 11.3 Å². The van der Waals surface area contributed by atoms with Crippen molar-refractivity contribution >= 4 is 0 Å². The van der Waals surface area contributed by atoms with Gasteiger partial charge in [0.25, 0.3) is 0 Å². The molecule has 2 aliphatic heterocycles. The zero-order valence-corrected chi connectivity index (χ0v) is 14.6. The highest BCUT2D eigenvalue weighted by molar-refractivity contribution is 5.27. The molecule has 0 radical (unpaired) electrons. The first-order valence-electron chi connectivity index (χ1n) is 9.26. The minimum atomic E-state index is 0.269. The number of ether oxygens (including phenoxy) is 2. The molecule has 0 aliphatic carbocycles. The van der Waals surface area contributed by atoms with E-state index in [0.717, 1.165) is 57.7 Å². The zero-order chi connectivity index (χ0) is 16.9. The summed E-state index contributed by atoms with van der Waals surface area (Å²) < 4.78 is 13.4. The molecule has 0 saturated carbocycles. The van der Waals surface area contributed by atoms with Crippen molar-refractivity contribution in [2.75, 3.05) is 26.3 Å². The predicted octanol–water partition coefficient (Wildman–Crippen LogP) is 2.67. The van der Waals surface area contributed by atoms with Crippen LogP contribution in [0.15, 0.2) is 36.9 Å². The van der Waals surface area contributed by atoms with Gasteiger partial charge in [0.1, 0.15) is 25.0 Å². The van der Waals surface area contributed by atoms with Gasteiger partial charge in [0.2, 0.25) is 0 Å². The van der Waals surface area contributed by atoms with Crippen LogP contribution in [0.1, 0.15) is 37.3 Å². The third-order valence-electron chi connectivity index (χ3n) is 5.16. The first kappa shape index (κ1) is 16.5. The summed E-state index contributed by atoms with van der Waals surface area (Å²) in [6, 6.07) is 8.99. The molecule has 1 aromatic carbocycles. The van der Waals surface area contributed by atoms with Gasteiger partial charge in [-0.3, -0.25) is 4.90 Å². The molecule has 1 unspecified atom stereocenters. The molecule has 6 nitrogen and oxygen atoms in total. The van der Waals surface area contributed by atoms with Gasteiger partial charge in [0.15, 0.2) is 0 Å². The van der Waals surface area contributed by atoms with Gasteiger partial charge in [-0.1, -0.05) is 12.1 Å². The van der Waals surface area contributed by atoms with Crippen molar-refractivity contribution in [1.29, 1.82) is 0 Å². The van der Waals surface area contributed by atoms with Crippen LogP contribution in [0.4, 0.5) is 0 Å². The van der Waals surface area contributed by atoms with Gasteiger partial charge in [-0.25, -0.2) is 9.67 Å². The van der Waals surface area contributed by atoms with Crippen molar-refractivity contribution in [3.63, 3.8) is 0 Å². The van der Waals surface area contributed by atoms with E-state index in [2.05, 4.69) is 39.2 Å². The van der Waals surface area contributed by atoms with E-state index in [0.29, 0.717) is 12.6 Å². The van der Waals surface area contributed by atoms with Crippen LogP contribution in [0.25, 0.3) is 0 Å². The fraction of sp³-hybridized carbons (Fsp3) is 0.579. The van der Waals surface area contributed by atoms with Crippen molar-refractivity contribution in [2.24, 2.45) is 0 Å². The maximum Gasteiger partial charge on any atom is 0.137 e. The normalized spacial score (nSPS) is 22.3. The largest absolute Gasteiger partial charge is 0.491 e. The molecule has 4 rings (SSSR count). The van der Waals surface area contributed by atoms with Gasteiger partial charge in [-0.15, -0.1) is 0 Å². The second-order valence-corrected chi connectivity index (χ2v) is 6.97. The smallest absolute Gasteiger partial charge is 0.137 e. The van der Waals surface area contributed by atoms with Crippen LogP contribution in [0, 0.1) is 0 Å². The van der Waals surface area contributed by atoms with Gasteiger partial charge in [-0.2, -0.15) is 5.10 Å². The average molecular weight is 342 g/mol. The molecule has 2 saturated heterocycles. The second kappa shape index (κ2) is 7.97. The van der Waals surface area contributed by atoms with Gasteiger partial charge < -0.3 is 9.47 Å². The summed E-state index contributed by atoms with van der Waals surface area (Å²) in [4.78, 5) is 6.56. The SMILES string of the molecule is c1ncn(C2CCN(Cc3ccc(OCC4CCCO4)cc3)CC2)n1. The molecule has 2 fully saturated rings. The number of piperidine rings is 1. The Morgan fingerprint density at radius 2 is 1.96 bits per heavy atom. The monoisotopic (exact) mass is 342 g/mol. The highest BCUT2D eigenvalue weighted by Gasteiger charge is 2.21. The quantitative estimate of drug-likeness (QED) is 0.808. The fourth-order valence-electron chi connectivity index (χ4n) is 3.66. The summed E-state index contributed by atoms with van der Waals surface area (Å²) in [7, 11) is 0. The van der Waals surface area contributed by atoms with Crippen LogP contribution < -0.4 is 4.74 Å². The van der Waals surface area contributed by atoms with Crippen molar-refractivity contribution < 1.29 is 9.47 Å². The maximum absolute atomic E-state index is 5.84. The van der Waals surface area contributed by atoms with Crippen molar-refractivity contribution in [1.82, 2.24) is 19.7 Å². The Bertz CT molecular complexity index is 630. The Morgan fingerprint density at radius 1 is 1.12 bits per heavy atom. The molecule has 3 heterocycles. The number of nitrogens with zero attached hydrogens (tertiary/aromatic N) is 4. The molecule has 2 aliphatic rings. The Balaban J connectivity index is 1.23. The lowest BCUT2D eigenvalue weighted by Crippen LogP contribution is -2.34. The summed E-state index contributed by atoms with van der Waals surface area (Å²) in [6.45, 7) is 4.73. The summed E-state index contributed by atoms with van der Waals surface area (Å²) in [5.41, 5.74) is 1.34. The van der Waals surface area contributed by atoms with Gasteiger partial charge in [0.05, 0.1) is 12.1 Å². The number of likely N-dealkylation sites (tertiary alicyclic amines) is 1. The molecule has 2 aromatic rings. The summed E-state index contributed by atoms with van der Waals surface area (Å²) in [5.74, 6) is 0.934. The molecule has 0 bridgehead atoms. The Morgan fingerprint density at radius 3 is 2.64 bits per heavy atom. The number of aromatic nitrogens is 3. The van der Waals surface area contributed by atoms with E-state index in [-0.39, 0.29) is 6.10 Å². The molecular weight excluding hydrogens is 316 g/mol. The molecule has 25 heavy (non-hydrogen) atoms. The average Bonchev–Trinajstić information content (AvgIpc) is 3.36. The fourth-order valence-corrected chi connectivity index (χ4v) is 3.66. The summed E-state index contributed by atoms with van der Waals surface area (Å²) >= 11 is 0. The topological polar surface area (TPSA) is 52.4 Å². The van der Waals surface area contributed by atoms with Crippen molar-refractivity contribution in [3.05, 3.63) is 42.5 Å². The Kier molecular flexibility index (Phi) is 5.28. The minimum Gasteiger partial charge on any atom is -0.491 e. The third kappa shape index (κ3) is 4.38. The van der Waals surface area contributed by atoms with E-state index in [4.69, 9.17) is 9.47 Å². The summed E-state index contributed by atoms with van der Waals surface area (Å²) in [6.07, 6.45) is 8.25. The zero-order valence-electron chi connectivity index (χ0n) is 14.6. The molecule has 6 heteroatoms. The standard InChI is InChI=1S/C19H26N4O2/c1-2-19(24-11-1)13-25-18-5-3-16(4-6-18)12-22-9-7-17(8-10-22)23-15-20-14-21-23/h3-6,14-15,17,19H,1-2,7-13H2. The molecule has 0 spiro atoms. The van der Waals surface area contributed by atoms with E-state index in [1.807, 2.05) is 11.0 Å². The molecular formula is C19H26N4O2. The third-order valence-corrected chi connectivity index (χ3v) is 5.16. The number of rotatable bonds is 6. The first-order valence-corrected chi connectivity index (χ1v) is 9.26. The number of benzene rings is 1. The highest BCUT2D eigenvalue weighted by atomic mass is 16.5. The maximum atomic E-state index is 5.84. The highest BCUT2D eigenvalue weighted by Crippen LogP contribution is 2.23. The van der Waals surface area contributed by atoms with Crippen LogP contribution in [0.5, 0.6) is 5.75 Å². The van der Waals surface area contributed by atoms with E-state index in [1.54, 1.807) is 6.33 Å². The van der Waals surface area contributed by atoms with E-state index in [9.17, 15) is 0 Å². The second-order valence-electron chi connectivity index (χ2n) is 6.97. The van der Waals surface area contributed by atoms with Crippen molar-refractivity contribution in [3.8, 4) is 5.75 Å². The molecule has 0 N–H and O–H groups in total. The predicted molar refractivity (Wildman–Crippen MR) is 94.5 cm³/mol. The van der Waals surface area contributed by atoms with Gasteiger partial charge in [-0.05, 0) is 43.4 Å². The molecule has 1 aromatic heterocycles. The van der Waals surface area contributed by atoms with E-state index < -0.39 is 0 Å².